The highest BCUT2D eigenvalue weighted by Crippen LogP contribution is 2.18. The van der Waals surface area contributed by atoms with E-state index in [1.165, 1.54) is 19.3 Å². The molecule has 2 unspecified atom stereocenters. The van der Waals surface area contributed by atoms with Crippen LogP contribution in [-0.4, -0.2) is 49.6 Å². The van der Waals surface area contributed by atoms with E-state index in [1.807, 2.05) is 6.92 Å². The maximum atomic E-state index is 12.1. The normalized spacial score (nSPS) is 21.9. The number of amides is 1. The quantitative estimate of drug-likeness (QED) is 0.668. The van der Waals surface area contributed by atoms with Crippen LogP contribution in [0.3, 0.4) is 0 Å². The van der Waals surface area contributed by atoms with E-state index >= 15 is 0 Å². The Morgan fingerprint density at radius 3 is 2.75 bits per heavy atom. The second-order valence-electron chi connectivity index (χ2n) is 6.52. The van der Waals surface area contributed by atoms with Crippen molar-refractivity contribution >= 4 is 5.91 Å². The van der Waals surface area contributed by atoms with Crippen LogP contribution in [-0.2, 0) is 4.79 Å². The van der Waals surface area contributed by atoms with E-state index in [4.69, 9.17) is 0 Å². The first kappa shape index (κ1) is 17.4. The Morgan fingerprint density at radius 2 is 2.10 bits per heavy atom. The third kappa shape index (κ3) is 6.23. The molecule has 0 aliphatic carbocycles. The lowest BCUT2D eigenvalue weighted by Gasteiger charge is -2.36. The third-order valence-corrected chi connectivity index (χ3v) is 4.02. The van der Waals surface area contributed by atoms with Gasteiger partial charge in [0, 0.05) is 13.1 Å². The van der Waals surface area contributed by atoms with E-state index in [0.29, 0.717) is 11.8 Å². The standard InChI is InChI=1S/C16H33N3O/c1-5-8-17-11-15-7-6-9-19(12-15)14(4)16(20)18-10-13(2)3/h13-15,17H,5-12H2,1-4H3,(H,18,20). The van der Waals surface area contributed by atoms with E-state index in [9.17, 15) is 4.79 Å². The number of piperidine rings is 1. The first-order chi connectivity index (χ1) is 9.54. The van der Waals surface area contributed by atoms with Crippen molar-refractivity contribution < 1.29 is 4.79 Å². The van der Waals surface area contributed by atoms with Crippen molar-refractivity contribution in [2.75, 3.05) is 32.7 Å². The predicted molar refractivity (Wildman–Crippen MR) is 84.8 cm³/mol. The molecule has 0 aromatic carbocycles. The van der Waals surface area contributed by atoms with Crippen LogP contribution in [0.25, 0.3) is 0 Å². The smallest absolute Gasteiger partial charge is 0.237 e. The number of nitrogens with zero attached hydrogens (tertiary/aromatic N) is 1. The summed E-state index contributed by atoms with van der Waals surface area (Å²) in [5.41, 5.74) is 0. The van der Waals surface area contributed by atoms with E-state index in [1.54, 1.807) is 0 Å². The minimum absolute atomic E-state index is 0.00252. The fourth-order valence-corrected chi connectivity index (χ4v) is 2.72. The van der Waals surface area contributed by atoms with Crippen molar-refractivity contribution in [3.05, 3.63) is 0 Å². The minimum Gasteiger partial charge on any atom is -0.354 e. The highest BCUT2D eigenvalue weighted by molar-refractivity contribution is 5.81. The van der Waals surface area contributed by atoms with E-state index in [2.05, 4.69) is 36.3 Å². The lowest BCUT2D eigenvalue weighted by molar-refractivity contribution is -0.126. The molecule has 2 N–H and O–H groups in total. The monoisotopic (exact) mass is 283 g/mol. The summed E-state index contributed by atoms with van der Waals surface area (Å²) in [6, 6.07) is 0.00252. The number of carbonyl (C=O) groups excluding carboxylic acids is 1. The fourth-order valence-electron chi connectivity index (χ4n) is 2.72. The molecular formula is C16H33N3O. The van der Waals surface area contributed by atoms with Gasteiger partial charge in [-0.05, 0) is 57.7 Å². The van der Waals surface area contributed by atoms with Crippen molar-refractivity contribution in [1.82, 2.24) is 15.5 Å². The highest BCUT2D eigenvalue weighted by Gasteiger charge is 2.26. The van der Waals surface area contributed by atoms with Crippen LogP contribution in [0.15, 0.2) is 0 Å². The highest BCUT2D eigenvalue weighted by atomic mass is 16.2. The summed E-state index contributed by atoms with van der Waals surface area (Å²) in [5.74, 6) is 1.38. The molecule has 1 aliphatic rings. The molecule has 0 saturated carbocycles. The molecule has 20 heavy (non-hydrogen) atoms. The number of rotatable bonds is 8. The molecule has 2 atom stereocenters. The van der Waals surface area contributed by atoms with E-state index in [0.717, 1.165) is 32.7 Å². The molecule has 0 bridgehead atoms. The molecule has 1 aliphatic heterocycles. The minimum atomic E-state index is 0.00252. The molecule has 4 heteroatoms. The molecule has 1 fully saturated rings. The van der Waals surface area contributed by atoms with E-state index < -0.39 is 0 Å². The van der Waals surface area contributed by atoms with Crippen molar-refractivity contribution in [3.63, 3.8) is 0 Å². The van der Waals surface area contributed by atoms with Crippen LogP contribution in [0.5, 0.6) is 0 Å². The summed E-state index contributed by atoms with van der Waals surface area (Å²) in [6.07, 6.45) is 3.68. The molecule has 118 valence electrons. The average molecular weight is 283 g/mol. The molecule has 0 aromatic rings. The maximum absolute atomic E-state index is 12.1. The van der Waals surface area contributed by atoms with Gasteiger partial charge in [0.2, 0.25) is 5.91 Å². The second kappa shape index (κ2) is 9.35. The van der Waals surface area contributed by atoms with Gasteiger partial charge in [0.25, 0.3) is 0 Å². The van der Waals surface area contributed by atoms with Crippen LogP contribution in [0, 0.1) is 11.8 Å². The van der Waals surface area contributed by atoms with Crippen LogP contribution >= 0.6 is 0 Å². The predicted octanol–water partition coefficient (Wildman–Crippen LogP) is 1.86. The van der Waals surface area contributed by atoms with Crippen LogP contribution in [0.2, 0.25) is 0 Å². The largest absolute Gasteiger partial charge is 0.354 e. The summed E-state index contributed by atoms with van der Waals surface area (Å²) in [5, 5.41) is 6.56. The third-order valence-electron chi connectivity index (χ3n) is 4.02. The van der Waals surface area contributed by atoms with Crippen LogP contribution < -0.4 is 10.6 Å². The summed E-state index contributed by atoms with van der Waals surface area (Å²) in [6.45, 7) is 13.6. The van der Waals surface area contributed by atoms with Crippen molar-refractivity contribution in [2.24, 2.45) is 11.8 Å². The lowest BCUT2D eigenvalue weighted by Crippen LogP contribution is -2.50. The lowest BCUT2D eigenvalue weighted by atomic mass is 9.96. The van der Waals surface area contributed by atoms with E-state index in [-0.39, 0.29) is 11.9 Å². The Bertz CT molecular complexity index is 281. The molecule has 1 saturated heterocycles. The van der Waals surface area contributed by atoms with Gasteiger partial charge in [-0.1, -0.05) is 20.8 Å². The topological polar surface area (TPSA) is 44.4 Å². The number of carbonyl (C=O) groups is 1. The first-order valence-corrected chi connectivity index (χ1v) is 8.27. The Labute approximate surface area is 124 Å². The van der Waals surface area contributed by atoms with Crippen molar-refractivity contribution in [3.8, 4) is 0 Å². The molecule has 1 amide bonds. The van der Waals surface area contributed by atoms with Gasteiger partial charge in [0.15, 0.2) is 0 Å². The Morgan fingerprint density at radius 1 is 1.35 bits per heavy atom. The number of hydrogen-bond donors (Lipinski definition) is 2. The summed E-state index contributed by atoms with van der Waals surface area (Å²) in [4.78, 5) is 14.5. The molecule has 0 spiro atoms. The maximum Gasteiger partial charge on any atom is 0.237 e. The second-order valence-corrected chi connectivity index (χ2v) is 6.52. The van der Waals surface area contributed by atoms with Gasteiger partial charge in [-0.2, -0.15) is 0 Å². The van der Waals surface area contributed by atoms with Gasteiger partial charge < -0.3 is 10.6 Å². The average Bonchev–Trinajstić information content (AvgIpc) is 2.44. The summed E-state index contributed by atoms with van der Waals surface area (Å²) >= 11 is 0. The summed E-state index contributed by atoms with van der Waals surface area (Å²) in [7, 11) is 0. The molecule has 0 radical (unpaired) electrons. The van der Waals surface area contributed by atoms with Crippen LogP contribution in [0.4, 0.5) is 0 Å². The molecule has 4 nitrogen and oxygen atoms in total. The Hall–Kier alpha value is -0.610. The zero-order valence-electron chi connectivity index (χ0n) is 13.7. The Kier molecular flexibility index (Phi) is 8.15. The zero-order valence-corrected chi connectivity index (χ0v) is 13.7. The number of hydrogen-bond acceptors (Lipinski definition) is 3. The molecular weight excluding hydrogens is 250 g/mol. The molecule has 1 rings (SSSR count). The van der Waals surface area contributed by atoms with Gasteiger partial charge in [-0.3, -0.25) is 9.69 Å². The number of nitrogens with one attached hydrogen (secondary N) is 2. The molecule has 0 aromatic heterocycles. The first-order valence-electron chi connectivity index (χ1n) is 8.27. The fraction of sp³-hybridized carbons (Fsp3) is 0.938. The van der Waals surface area contributed by atoms with Gasteiger partial charge in [-0.15, -0.1) is 0 Å². The van der Waals surface area contributed by atoms with Crippen LogP contribution in [0.1, 0.15) is 47.0 Å². The summed E-state index contributed by atoms with van der Waals surface area (Å²) < 4.78 is 0. The van der Waals surface area contributed by atoms with Crippen molar-refractivity contribution in [1.29, 1.82) is 0 Å². The van der Waals surface area contributed by atoms with Gasteiger partial charge in [0.05, 0.1) is 6.04 Å². The number of likely N-dealkylation sites (tertiary alicyclic amines) is 1. The molecule has 1 heterocycles. The zero-order chi connectivity index (χ0) is 15.0. The van der Waals surface area contributed by atoms with Gasteiger partial charge in [-0.25, -0.2) is 0 Å². The van der Waals surface area contributed by atoms with Crippen molar-refractivity contribution in [2.45, 2.75) is 53.0 Å². The van der Waals surface area contributed by atoms with Gasteiger partial charge in [0.1, 0.15) is 0 Å². The SMILES string of the molecule is CCCNCC1CCCN(C(C)C(=O)NCC(C)C)C1. The van der Waals surface area contributed by atoms with Gasteiger partial charge >= 0.3 is 0 Å². The Balaban J connectivity index is 2.35.